The summed E-state index contributed by atoms with van der Waals surface area (Å²) in [6.07, 6.45) is 3.45. The lowest BCUT2D eigenvalue weighted by atomic mass is 10.00. The summed E-state index contributed by atoms with van der Waals surface area (Å²) in [5, 5.41) is 8.71. The van der Waals surface area contributed by atoms with Gasteiger partial charge >= 0.3 is 5.97 Å². The molecule has 0 fully saturated rings. The molecule has 0 atom stereocenters. The Morgan fingerprint density at radius 1 is 1.29 bits per heavy atom. The number of hydrogen-bond donors (Lipinski definition) is 1. The number of benzene rings is 1. The van der Waals surface area contributed by atoms with E-state index < -0.39 is 5.97 Å². The van der Waals surface area contributed by atoms with Gasteiger partial charge in [-0.1, -0.05) is 44.2 Å². The van der Waals surface area contributed by atoms with E-state index >= 15 is 0 Å². The monoisotopic (exact) mass is 232 g/mol. The zero-order valence-electron chi connectivity index (χ0n) is 10.7. The van der Waals surface area contributed by atoms with Gasteiger partial charge in [-0.3, -0.25) is 0 Å². The van der Waals surface area contributed by atoms with E-state index in [1.165, 1.54) is 11.1 Å². The quantitative estimate of drug-likeness (QED) is 0.784. The molecule has 0 radical (unpaired) electrons. The van der Waals surface area contributed by atoms with Crippen LogP contribution in [0.3, 0.4) is 0 Å². The lowest BCUT2D eigenvalue weighted by molar-refractivity contribution is -0.132. The largest absolute Gasteiger partial charge is 0.478 e. The highest BCUT2D eigenvalue weighted by Gasteiger charge is 2.00. The van der Waals surface area contributed by atoms with Gasteiger partial charge in [0.2, 0.25) is 0 Å². The summed E-state index contributed by atoms with van der Waals surface area (Å²) in [7, 11) is 0. The zero-order chi connectivity index (χ0) is 12.8. The first-order valence-corrected chi connectivity index (χ1v) is 5.99. The summed E-state index contributed by atoms with van der Waals surface area (Å²) in [5.74, 6) is -0.279. The fourth-order valence-corrected chi connectivity index (χ4v) is 1.61. The van der Waals surface area contributed by atoms with Crippen LogP contribution < -0.4 is 0 Å². The molecule has 0 saturated heterocycles. The van der Waals surface area contributed by atoms with Crippen molar-refractivity contribution in [2.75, 3.05) is 0 Å². The maximum Gasteiger partial charge on any atom is 0.330 e. The van der Waals surface area contributed by atoms with Gasteiger partial charge in [-0.15, -0.1) is 0 Å². The Morgan fingerprint density at radius 3 is 2.35 bits per heavy atom. The Hall–Kier alpha value is -1.57. The van der Waals surface area contributed by atoms with Crippen molar-refractivity contribution in [1.29, 1.82) is 0 Å². The van der Waals surface area contributed by atoms with Crippen molar-refractivity contribution in [2.24, 2.45) is 0 Å². The van der Waals surface area contributed by atoms with E-state index in [0.717, 1.165) is 12.8 Å². The van der Waals surface area contributed by atoms with Gasteiger partial charge in [0.25, 0.3) is 0 Å². The Labute approximate surface area is 103 Å². The lowest BCUT2D eigenvalue weighted by Gasteiger charge is -2.06. The molecule has 0 amide bonds. The van der Waals surface area contributed by atoms with Crippen molar-refractivity contribution in [3.8, 4) is 0 Å². The number of aliphatic carboxylic acids is 1. The van der Waals surface area contributed by atoms with E-state index in [0.29, 0.717) is 11.5 Å². The molecular formula is C15H20O2. The normalized spacial score (nSPS) is 11.9. The van der Waals surface area contributed by atoms with E-state index in [9.17, 15) is 4.79 Å². The summed E-state index contributed by atoms with van der Waals surface area (Å²) in [4.78, 5) is 10.6. The first kappa shape index (κ1) is 13.5. The minimum absolute atomic E-state index is 0.420. The molecule has 1 aromatic carbocycles. The SMILES string of the molecule is CC(=CCCc1ccc(C(C)C)cc1)C(=O)O. The summed E-state index contributed by atoms with van der Waals surface area (Å²) >= 11 is 0. The first-order chi connectivity index (χ1) is 8.00. The fourth-order valence-electron chi connectivity index (χ4n) is 1.61. The molecule has 0 saturated carbocycles. The number of carboxylic acid groups (broad SMARTS) is 1. The molecule has 0 bridgehead atoms. The molecule has 0 aromatic heterocycles. The van der Waals surface area contributed by atoms with Crippen molar-refractivity contribution in [1.82, 2.24) is 0 Å². The van der Waals surface area contributed by atoms with E-state index in [4.69, 9.17) is 5.11 Å². The number of carboxylic acids is 1. The Bertz CT molecular complexity index is 399. The predicted octanol–water partition coefficient (Wildman–Crippen LogP) is 3.77. The van der Waals surface area contributed by atoms with E-state index in [1.807, 2.05) is 0 Å². The smallest absolute Gasteiger partial charge is 0.330 e. The van der Waals surface area contributed by atoms with Crippen molar-refractivity contribution in [2.45, 2.75) is 39.5 Å². The average molecular weight is 232 g/mol. The van der Waals surface area contributed by atoms with Gasteiger partial charge in [-0.05, 0) is 36.8 Å². The van der Waals surface area contributed by atoms with Crippen LogP contribution >= 0.6 is 0 Å². The molecule has 1 N–H and O–H groups in total. The fraction of sp³-hybridized carbons (Fsp3) is 0.400. The van der Waals surface area contributed by atoms with Crippen molar-refractivity contribution >= 4 is 5.97 Å². The molecule has 2 heteroatoms. The molecule has 1 rings (SSSR count). The van der Waals surface area contributed by atoms with Crippen LogP contribution in [0.5, 0.6) is 0 Å². The zero-order valence-corrected chi connectivity index (χ0v) is 10.7. The van der Waals surface area contributed by atoms with Crippen LogP contribution in [0.2, 0.25) is 0 Å². The molecule has 0 aliphatic heterocycles. The van der Waals surface area contributed by atoms with Crippen LogP contribution in [0.4, 0.5) is 0 Å². The third-order valence-corrected chi connectivity index (χ3v) is 2.87. The number of hydrogen-bond acceptors (Lipinski definition) is 1. The first-order valence-electron chi connectivity index (χ1n) is 5.99. The molecule has 0 spiro atoms. The van der Waals surface area contributed by atoms with Crippen molar-refractivity contribution in [3.63, 3.8) is 0 Å². The average Bonchev–Trinajstić information content (AvgIpc) is 2.29. The second-order valence-electron chi connectivity index (χ2n) is 4.63. The second kappa shape index (κ2) is 6.24. The van der Waals surface area contributed by atoms with Crippen LogP contribution in [-0.2, 0) is 11.2 Å². The minimum atomic E-state index is -0.833. The van der Waals surface area contributed by atoms with Gasteiger partial charge in [-0.2, -0.15) is 0 Å². The summed E-state index contributed by atoms with van der Waals surface area (Å²) < 4.78 is 0. The Morgan fingerprint density at radius 2 is 1.88 bits per heavy atom. The summed E-state index contributed by atoms with van der Waals surface area (Å²) in [5.41, 5.74) is 3.01. The van der Waals surface area contributed by atoms with Crippen LogP contribution in [0.15, 0.2) is 35.9 Å². The van der Waals surface area contributed by atoms with Crippen LogP contribution in [0, 0.1) is 0 Å². The number of allylic oxidation sites excluding steroid dienone is 1. The number of carbonyl (C=O) groups is 1. The summed E-state index contributed by atoms with van der Waals surface area (Å²) in [6, 6.07) is 8.54. The van der Waals surface area contributed by atoms with Gasteiger partial charge in [0.05, 0.1) is 0 Å². The van der Waals surface area contributed by atoms with Gasteiger partial charge in [0, 0.05) is 5.57 Å². The Kier molecular flexibility index (Phi) is 4.95. The molecule has 92 valence electrons. The van der Waals surface area contributed by atoms with E-state index in [1.54, 1.807) is 13.0 Å². The predicted molar refractivity (Wildman–Crippen MR) is 70.2 cm³/mol. The summed E-state index contributed by atoms with van der Waals surface area (Å²) in [6.45, 7) is 5.98. The maximum absolute atomic E-state index is 10.6. The van der Waals surface area contributed by atoms with E-state index in [-0.39, 0.29) is 0 Å². The lowest BCUT2D eigenvalue weighted by Crippen LogP contribution is -1.96. The topological polar surface area (TPSA) is 37.3 Å². The molecule has 2 nitrogen and oxygen atoms in total. The molecule has 0 heterocycles. The number of rotatable bonds is 5. The second-order valence-corrected chi connectivity index (χ2v) is 4.63. The Balaban J connectivity index is 2.53. The van der Waals surface area contributed by atoms with Crippen LogP contribution in [0.1, 0.15) is 44.2 Å². The molecule has 0 aliphatic rings. The number of aryl methyl sites for hydroxylation is 1. The highest BCUT2D eigenvalue weighted by Crippen LogP contribution is 2.15. The van der Waals surface area contributed by atoms with Crippen molar-refractivity contribution < 1.29 is 9.90 Å². The molecule has 0 unspecified atom stereocenters. The maximum atomic E-state index is 10.6. The molecule has 17 heavy (non-hydrogen) atoms. The van der Waals surface area contributed by atoms with Crippen molar-refractivity contribution in [3.05, 3.63) is 47.0 Å². The molecular weight excluding hydrogens is 212 g/mol. The minimum Gasteiger partial charge on any atom is -0.478 e. The van der Waals surface area contributed by atoms with Gasteiger partial charge in [0.15, 0.2) is 0 Å². The van der Waals surface area contributed by atoms with Crippen LogP contribution in [-0.4, -0.2) is 11.1 Å². The standard InChI is InChI=1S/C15H20O2/c1-11(2)14-9-7-13(8-10-14)6-4-5-12(3)15(16)17/h5,7-11H,4,6H2,1-3H3,(H,16,17). The molecule has 0 aliphatic carbocycles. The van der Waals surface area contributed by atoms with E-state index in [2.05, 4.69) is 38.1 Å². The van der Waals surface area contributed by atoms with Gasteiger partial charge in [0.1, 0.15) is 0 Å². The third kappa shape index (κ3) is 4.43. The van der Waals surface area contributed by atoms with Gasteiger partial charge < -0.3 is 5.11 Å². The molecule has 1 aromatic rings. The van der Waals surface area contributed by atoms with Gasteiger partial charge in [-0.25, -0.2) is 4.79 Å². The highest BCUT2D eigenvalue weighted by molar-refractivity contribution is 5.85. The third-order valence-electron chi connectivity index (χ3n) is 2.87. The highest BCUT2D eigenvalue weighted by atomic mass is 16.4. The van der Waals surface area contributed by atoms with Crippen LogP contribution in [0.25, 0.3) is 0 Å².